The Balaban J connectivity index is 3.29. The van der Waals surface area contributed by atoms with Crippen LogP contribution in [-0.2, 0) is 0 Å². The molecule has 0 unspecified atom stereocenters. The van der Waals surface area contributed by atoms with Crippen LogP contribution < -0.4 is 3.69 Å². The Morgan fingerprint density at radius 2 is 1.45 bits per heavy atom. The van der Waals surface area contributed by atoms with Gasteiger partial charge in [0.25, 0.3) is 0 Å². The van der Waals surface area contributed by atoms with Gasteiger partial charge >= 0.3 is 20.4 Å². The molecule has 0 aliphatic carbocycles. The van der Waals surface area contributed by atoms with E-state index in [9.17, 15) is 0 Å². The Hall–Kier alpha value is -0.0138. The average molecular weight is 285 g/mol. The summed E-state index contributed by atoms with van der Waals surface area (Å²) in [4.78, 5) is 0. The molecule has 0 heterocycles. The first-order valence-corrected chi connectivity index (χ1v) is 10.3. The topological polar surface area (TPSA) is 0 Å². The lowest BCUT2D eigenvalue weighted by atomic mass is 9.83. The van der Waals surface area contributed by atoms with Crippen LogP contribution in [0.4, 0.5) is 0 Å². The molecule has 0 atom stereocenters. The maximum atomic E-state index is 2.47. The van der Waals surface area contributed by atoms with E-state index >= 15 is 0 Å². The smallest absolute Gasteiger partial charge is 0.170 e. The van der Waals surface area contributed by atoms with Crippen LogP contribution in [0, 0.1) is 0 Å². The number of benzene rings is 1. The zero-order valence-corrected chi connectivity index (χ0v) is 16.1. The summed E-state index contributed by atoms with van der Waals surface area (Å²) in [5.74, 6) is 1.94. The van der Waals surface area contributed by atoms with Gasteiger partial charge in [0.2, 0.25) is 0 Å². The van der Waals surface area contributed by atoms with Crippen molar-refractivity contribution in [1.29, 1.82) is 0 Å². The van der Waals surface area contributed by atoms with Crippen LogP contribution >= 0.6 is 0 Å². The van der Waals surface area contributed by atoms with Crippen LogP contribution in [0.25, 0.3) is 0 Å². The molecule has 0 aliphatic heterocycles. The van der Waals surface area contributed by atoms with Crippen LogP contribution in [0.1, 0.15) is 95.8 Å². The van der Waals surface area contributed by atoms with E-state index in [2.05, 4.69) is 60.6 Å². The highest BCUT2D eigenvalue weighted by Gasteiger charge is 2.19. The summed E-state index contributed by atoms with van der Waals surface area (Å²) in [6.07, 6.45) is 2.75. The SMILES string of the molecule is CCC[CH2][Mg][c]1ccc(C(C)C)c(C(C)C)c1C(C)C. The van der Waals surface area contributed by atoms with E-state index in [1.165, 1.54) is 17.4 Å². The molecule has 0 nitrogen and oxygen atoms in total. The van der Waals surface area contributed by atoms with Gasteiger partial charge in [-0.15, -0.1) is 4.55 Å². The standard InChI is InChI=1S/C15H23.C4H9.Mg/c1-10(2)13-8-7-9-14(11(3)4)15(13)12(5)6;1-3-4-2;/h7-8,10-12H,1-6H3;1,3-4H2,2H3;. The first kappa shape index (κ1) is 18.0. The van der Waals surface area contributed by atoms with Gasteiger partial charge in [0.05, 0.1) is 0 Å². The van der Waals surface area contributed by atoms with Gasteiger partial charge in [0.15, 0.2) is 0 Å². The quantitative estimate of drug-likeness (QED) is 0.451. The van der Waals surface area contributed by atoms with Crippen molar-refractivity contribution >= 4 is 24.1 Å². The van der Waals surface area contributed by atoms with Gasteiger partial charge in [-0.1, -0.05) is 79.0 Å². The molecule has 0 saturated carbocycles. The van der Waals surface area contributed by atoms with Crippen molar-refractivity contribution in [3.05, 3.63) is 28.8 Å². The van der Waals surface area contributed by atoms with Crippen molar-refractivity contribution in [1.82, 2.24) is 0 Å². The van der Waals surface area contributed by atoms with Crippen LogP contribution in [0.5, 0.6) is 0 Å². The number of unbranched alkanes of at least 4 members (excludes halogenated alkanes) is 1. The maximum Gasteiger partial charge on any atom is 0.409 e. The molecule has 0 aliphatic rings. The van der Waals surface area contributed by atoms with Gasteiger partial charge in [-0.2, -0.15) is 3.69 Å². The van der Waals surface area contributed by atoms with Gasteiger partial charge in [-0.05, 0) is 28.9 Å². The Bertz CT molecular complexity index is 416. The molecule has 0 saturated heterocycles. The minimum Gasteiger partial charge on any atom is -0.170 e. The van der Waals surface area contributed by atoms with E-state index in [1.54, 1.807) is 20.4 Å². The van der Waals surface area contributed by atoms with Crippen molar-refractivity contribution in [2.24, 2.45) is 0 Å². The van der Waals surface area contributed by atoms with E-state index in [1.807, 2.05) is 0 Å². The lowest BCUT2D eigenvalue weighted by Crippen LogP contribution is -2.24. The highest BCUT2D eigenvalue weighted by molar-refractivity contribution is 6.54. The Morgan fingerprint density at radius 3 is 1.90 bits per heavy atom. The minimum atomic E-state index is -0.0880. The molecule has 1 aromatic carbocycles. The fourth-order valence-electron chi connectivity index (χ4n) is 3.31. The zero-order valence-electron chi connectivity index (χ0n) is 14.7. The summed E-state index contributed by atoms with van der Waals surface area (Å²) < 4.78 is 3.20. The zero-order chi connectivity index (χ0) is 15.3. The monoisotopic (exact) mass is 284 g/mol. The van der Waals surface area contributed by atoms with Crippen molar-refractivity contribution in [2.75, 3.05) is 0 Å². The third-order valence-corrected chi connectivity index (χ3v) is 6.25. The molecule has 0 amide bonds. The molecule has 110 valence electrons. The van der Waals surface area contributed by atoms with Crippen molar-refractivity contribution in [2.45, 2.75) is 83.6 Å². The van der Waals surface area contributed by atoms with Gasteiger partial charge in [-0.3, -0.25) is 0 Å². The van der Waals surface area contributed by atoms with Gasteiger partial charge in [0.1, 0.15) is 0 Å². The Morgan fingerprint density at radius 1 is 0.850 bits per heavy atom. The number of hydrogen-bond acceptors (Lipinski definition) is 0. The predicted octanol–water partition coefficient (Wildman–Crippen LogP) is 5.60. The summed E-state index contributed by atoms with van der Waals surface area (Å²) in [6, 6.07) is 4.90. The van der Waals surface area contributed by atoms with Crippen LogP contribution in [-0.4, -0.2) is 20.4 Å². The second-order valence-corrected chi connectivity index (χ2v) is 9.03. The Kier molecular flexibility index (Phi) is 7.61. The van der Waals surface area contributed by atoms with E-state index in [0.29, 0.717) is 17.8 Å². The molecule has 1 aromatic rings. The third-order valence-electron chi connectivity index (χ3n) is 4.24. The van der Waals surface area contributed by atoms with E-state index in [0.717, 1.165) is 0 Å². The first-order valence-electron chi connectivity index (χ1n) is 8.55. The molecule has 1 heteroatoms. The molecular weight excluding hydrogens is 253 g/mol. The predicted molar refractivity (Wildman–Crippen MR) is 93.8 cm³/mol. The van der Waals surface area contributed by atoms with Gasteiger partial charge in [-0.25, -0.2) is 0 Å². The normalized spacial score (nSPS) is 11.5. The van der Waals surface area contributed by atoms with Gasteiger partial charge < -0.3 is 0 Å². The lowest BCUT2D eigenvalue weighted by Gasteiger charge is -2.26. The molecule has 0 aromatic heterocycles. The average Bonchev–Trinajstić information content (AvgIpc) is 2.37. The molecule has 1 rings (SSSR count). The molecular formula is C19H32Mg. The second-order valence-electron chi connectivity index (χ2n) is 7.06. The van der Waals surface area contributed by atoms with Gasteiger partial charge in [0, 0.05) is 0 Å². The molecule has 0 spiro atoms. The largest absolute Gasteiger partial charge is 0.409 e. The first-order chi connectivity index (χ1) is 9.40. The van der Waals surface area contributed by atoms with E-state index in [4.69, 9.17) is 0 Å². The lowest BCUT2D eigenvalue weighted by molar-refractivity contribution is 0.752. The highest BCUT2D eigenvalue weighted by Crippen LogP contribution is 2.32. The number of hydrogen-bond donors (Lipinski definition) is 0. The van der Waals surface area contributed by atoms with Crippen molar-refractivity contribution in [3.63, 3.8) is 0 Å². The van der Waals surface area contributed by atoms with E-state index in [-0.39, 0.29) is 20.4 Å². The highest BCUT2D eigenvalue weighted by atomic mass is 24.5. The summed E-state index contributed by atoms with van der Waals surface area (Å²) in [7, 11) is 0. The summed E-state index contributed by atoms with van der Waals surface area (Å²) in [5.41, 5.74) is 4.95. The third kappa shape index (κ3) is 4.49. The second kappa shape index (κ2) is 8.43. The summed E-state index contributed by atoms with van der Waals surface area (Å²) in [6.45, 7) is 16.5. The fraction of sp³-hybridized carbons (Fsp3) is 0.684. The molecule has 0 N–H and O–H groups in total. The fourth-order valence-corrected chi connectivity index (χ4v) is 5.59. The molecule has 0 fully saturated rings. The van der Waals surface area contributed by atoms with Crippen molar-refractivity contribution < 1.29 is 0 Å². The van der Waals surface area contributed by atoms with Crippen molar-refractivity contribution in [3.8, 4) is 0 Å². The van der Waals surface area contributed by atoms with Crippen LogP contribution in [0.2, 0.25) is 4.55 Å². The molecule has 0 bridgehead atoms. The maximum absolute atomic E-state index is 2.47. The Labute approximate surface area is 136 Å². The van der Waals surface area contributed by atoms with Crippen LogP contribution in [0.15, 0.2) is 12.1 Å². The molecule has 20 heavy (non-hydrogen) atoms. The minimum absolute atomic E-state index is 0.0880. The molecule has 0 radical (unpaired) electrons. The van der Waals surface area contributed by atoms with E-state index < -0.39 is 0 Å². The van der Waals surface area contributed by atoms with Crippen LogP contribution in [0.3, 0.4) is 0 Å². The summed E-state index contributed by atoms with van der Waals surface area (Å²) >= 11 is -0.0880. The number of rotatable bonds is 7. The summed E-state index contributed by atoms with van der Waals surface area (Å²) in [5, 5.41) is 0.